The Balaban J connectivity index is 2.02. The van der Waals surface area contributed by atoms with Crippen molar-refractivity contribution in [2.75, 3.05) is 13.7 Å². The highest BCUT2D eigenvalue weighted by Gasteiger charge is 2.58. The summed E-state index contributed by atoms with van der Waals surface area (Å²) in [5, 5.41) is 11.6. The fourth-order valence-corrected chi connectivity index (χ4v) is 2.84. The monoisotopic (exact) mass is 321 g/mol. The zero-order valence-electron chi connectivity index (χ0n) is 13.9. The number of amides is 1. The lowest BCUT2D eigenvalue weighted by Crippen LogP contribution is -2.68. The van der Waals surface area contributed by atoms with Gasteiger partial charge in [0.05, 0.1) is 5.60 Å². The van der Waals surface area contributed by atoms with Crippen LogP contribution in [0.25, 0.3) is 0 Å². The smallest absolute Gasteiger partial charge is 0.341 e. The lowest BCUT2D eigenvalue weighted by atomic mass is 9.56. The molecule has 0 radical (unpaired) electrons. The van der Waals surface area contributed by atoms with Crippen molar-refractivity contribution in [2.24, 2.45) is 5.41 Å². The lowest BCUT2D eigenvalue weighted by molar-refractivity contribution is -0.177. The van der Waals surface area contributed by atoms with E-state index >= 15 is 0 Å². The highest BCUT2D eigenvalue weighted by molar-refractivity contribution is 5.95. The number of carboxylic acids is 1. The maximum atomic E-state index is 12.4. The third-order valence-electron chi connectivity index (χ3n) is 5.04. The second kappa shape index (κ2) is 6.20. The predicted molar refractivity (Wildman–Crippen MR) is 84.6 cm³/mol. The molecule has 2 atom stereocenters. The van der Waals surface area contributed by atoms with Gasteiger partial charge in [-0.3, -0.25) is 4.79 Å². The van der Waals surface area contributed by atoms with Crippen molar-refractivity contribution in [1.82, 2.24) is 5.32 Å². The zero-order chi connectivity index (χ0) is 17.3. The molecule has 2 rings (SSSR count). The van der Waals surface area contributed by atoms with E-state index < -0.39 is 12.6 Å². The van der Waals surface area contributed by atoms with Crippen LogP contribution in [0, 0.1) is 5.41 Å². The van der Waals surface area contributed by atoms with Crippen LogP contribution < -0.4 is 10.1 Å². The van der Waals surface area contributed by atoms with E-state index in [1.165, 1.54) is 0 Å². The van der Waals surface area contributed by atoms with Crippen LogP contribution in [-0.2, 0) is 9.53 Å². The highest BCUT2D eigenvalue weighted by atomic mass is 16.5. The Bertz CT molecular complexity index is 613. The Kier molecular flexibility index (Phi) is 4.66. The molecule has 0 spiro atoms. The van der Waals surface area contributed by atoms with Gasteiger partial charge in [-0.2, -0.15) is 0 Å². The predicted octanol–water partition coefficient (Wildman–Crippen LogP) is 2.08. The maximum Gasteiger partial charge on any atom is 0.341 e. The van der Waals surface area contributed by atoms with Gasteiger partial charge in [-0.25, -0.2) is 4.79 Å². The molecule has 0 aliphatic heterocycles. The summed E-state index contributed by atoms with van der Waals surface area (Å²) in [5.74, 6) is -0.911. The first-order chi connectivity index (χ1) is 10.7. The van der Waals surface area contributed by atoms with E-state index in [0.29, 0.717) is 11.3 Å². The van der Waals surface area contributed by atoms with Crippen LogP contribution >= 0.6 is 0 Å². The van der Waals surface area contributed by atoms with Crippen LogP contribution in [0.3, 0.4) is 0 Å². The molecule has 0 saturated heterocycles. The fraction of sp³-hybridized carbons (Fsp3) is 0.529. The van der Waals surface area contributed by atoms with Gasteiger partial charge >= 0.3 is 5.97 Å². The van der Waals surface area contributed by atoms with Crippen molar-refractivity contribution in [3.05, 3.63) is 29.8 Å². The molecular weight excluding hydrogens is 298 g/mol. The summed E-state index contributed by atoms with van der Waals surface area (Å²) in [6, 6.07) is 6.51. The molecule has 1 aliphatic rings. The number of carbonyl (C=O) groups excluding carboxylic acids is 1. The number of rotatable bonds is 6. The molecule has 1 saturated carbocycles. The molecule has 6 nitrogen and oxygen atoms in total. The van der Waals surface area contributed by atoms with Crippen molar-refractivity contribution in [3.63, 3.8) is 0 Å². The molecule has 6 heteroatoms. The molecular formula is C17H23NO5. The van der Waals surface area contributed by atoms with Crippen LogP contribution in [0.15, 0.2) is 24.3 Å². The number of benzene rings is 1. The summed E-state index contributed by atoms with van der Waals surface area (Å²) < 4.78 is 10.6. The van der Waals surface area contributed by atoms with Crippen molar-refractivity contribution in [2.45, 2.75) is 38.8 Å². The van der Waals surface area contributed by atoms with Gasteiger partial charge in [0.15, 0.2) is 6.61 Å². The molecule has 1 aromatic carbocycles. The standard InChI is InChI=1S/C17H23NO5/c1-16(2)13(9-17(16,3)22-4)18-15(21)11-6-5-7-12(8-11)23-10-14(19)20/h5-8,13H,9-10H2,1-4H3,(H,18,21)(H,19,20). The fourth-order valence-electron chi connectivity index (χ4n) is 2.84. The average Bonchev–Trinajstić information content (AvgIpc) is 2.52. The van der Waals surface area contributed by atoms with Gasteiger partial charge in [0.1, 0.15) is 5.75 Å². The summed E-state index contributed by atoms with van der Waals surface area (Å²) >= 11 is 0. The topological polar surface area (TPSA) is 84.9 Å². The van der Waals surface area contributed by atoms with Crippen LogP contribution in [0.4, 0.5) is 0 Å². The first-order valence-electron chi connectivity index (χ1n) is 7.50. The number of ether oxygens (including phenoxy) is 2. The van der Waals surface area contributed by atoms with Crippen LogP contribution in [0.2, 0.25) is 0 Å². The number of hydrogen-bond donors (Lipinski definition) is 2. The van der Waals surface area contributed by atoms with Crippen molar-refractivity contribution >= 4 is 11.9 Å². The molecule has 1 aliphatic carbocycles. The molecule has 0 bridgehead atoms. The normalized spacial score (nSPS) is 25.3. The van der Waals surface area contributed by atoms with Gasteiger partial charge in [-0.15, -0.1) is 0 Å². The van der Waals surface area contributed by atoms with Crippen molar-refractivity contribution < 1.29 is 24.2 Å². The quantitative estimate of drug-likeness (QED) is 0.838. The molecule has 2 N–H and O–H groups in total. The number of carbonyl (C=O) groups is 2. The SMILES string of the molecule is COC1(C)CC(NC(=O)c2cccc(OCC(=O)O)c2)C1(C)C. The largest absolute Gasteiger partial charge is 0.482 e. The van der Waals surface area contributed by atoms with E-state index in [1.54, 1.807) is 31.4 Å². The minimum absolute atomic E-state index is 0.0172. The zero-order valence-corrected chi connectivity index (χ0v) is 13.9. The van der Waals surface area contributed by atoms with Gasteiger partial charge in [-0.05, 0) is 31.5 Å². The van der Waals surface area contributed by atoms with Crippen LogP contribution in [0.5, 0.6) is 5.75 Å². The molecule has 1 aromatic rings. The first-order valence-corrected chi connectivity index (χ1v) is 7.50. The number of methoxy groups -OCH3 is 1. The van der Waals surface area contributed by atoms with Crippen LogP contribution in [0.1, 0.15) is 37.6 Å². The maximum absolute atomic E-state index is 12.4. The molecule has 126 valence electrons. The molecule has 23 heavy (non-hydrogen) atoms. The summed E-state index contributed by atoms with van der Waals surface area (Å²) in [6.07, 6.45) is 0.747. The van der Waals surface area contributed by atoms with Crippen molar-refractivity contribution in [1.29, 1.82) is 0 Å². The second-order valence-electron chi connectivity index (χ2n) is 6.60. The third kappa shape index (κ3) is 3.32. The summed E-state index contributed by atoms with van der Waals surface area (Å²) in [5.41, 5.74) is 0.0152. The van der Waals surface area contributed by atoms with Gasteiger partial charge in [0.2, 0.25) is 0 Å². The third-order valence-corrected chi connectivity index (χ3v) is 5.04. The highest BCUT2D eigenvalue weighted by Crippen LogP contribution is 2.51. The van der Waals surface area contributed by atoms with Gasteiger partial charge < -0.3 is 19.9 Å². The van der Waals surface area contributed by atoms with Gasteiger partial charge in [0, 0.05) is 24.1 Å². The lowest BCUT2D eigenvalue weighted by Gasteiger charge is -2.59. The summed E-state index contributed by atoms with van der Waals surface area (Å²) in [4.78, 5) is 22.9. The second-order valence-corrected chi connectivity index (χ2v) is 6.60. The Labute approximate surface area is 135 Å². The minimum Gasteiger partial charge on any atom is -0.482 e. The van der Waals surface area contributed by atoms with E-state index in [0.717, 1.165) is 6.42 Å². The molecule has 0 aromatic heterocycles. The number of hydrogen-bond acceptors (Lipinski definition) is 4. The molecule has 1 amide bonds. The van der Waals surface area contributed by atoms with Crippen LogP contribution in [-0.4, -0.2) is 42.3 Å². The van der Waals surface area contributed by atoms with Gasteiger partial charge in [-0.1, -0.05) is 19.9 Å². The van der Waals surface area contributed by atoms with E-state index in [1.807, 2.05) is 6.92 Å². The molecule has 0 heterocycles. The Morgan fingerprint density at radius 2 is 2.04 bits per heavy atom. The van der Waals surface area contributed by atoms with E-state index in [2.05, 4.69) is 19.2 Å². The Morgan fingerprint density at radius 3 is 2.61 bits per heavy atom. The average molecular weight is 321 g/mol. The number of nitrogens with one attached hydrogen (secondary N) is 1. The van der Waals surface area contributed by atoms with Gasteiger partial charge in [0.25, 0.3) is 5.91 Å². The van der Waals surface area contributed by atoms with E-state index in [-0.39, 0.29) is 23.0 Å². The van der Waals surface area contributed by atoms with E-state index in [4.69, 9.17) is 14.6 Å². The number of aliphatic carboxylic acids is 1. The number of carboxylic acid groups (broad SMARTS) is 1. The summed E-state index contributed by atoms with van der Waals surface area (Å²) in [7, 11) is 1.68. The summed E-state index contributed by atoms with van der Waals surface area (Å²) in [6.45, 7) is 5.73. The molecule has 1 fully saturated rings. The Morgan fingerprint density at radius 1 is 1.35 bits per heavy atom. The van der Waals surface area contributed by atoms with Crippen molar-refractivity contribution in [3.8, 4) is 5.75 Å². The minimum atomic E-state index is -1.06. The first kappa shape index (κ1) is 17.3. The van der Waals surface area contributed by atoms with E-state index in [9.17, 15) is 9.59 Å². The molecule has 2 unspecified atom stereocenters. The Hall–Kier alpha value is -2.08.